The third-order valence-electron chi connectivity index (χ3n) is 2.86. The highest BCUT2D eigenvalue weighted by Crippen LogP contribution is 2.32. The van der Waals surface area contributed by atoms with Gasteiger partial charge in [-0.2, -0.15) is 0 Å². The summed E-state index contributed by atoms with van der Waals surface area (Å²) in [5.41, 5.74) is 1.21. The largest absolute Gasteiger partial charge is 0.369 e. The first-order valence-electron chi connectivity index (χ1n) is 6.55. The van der Waals surface area contributed by atoms with Gasteiger partial charge in [0.05, 0.1) is 13.8 Å². The first-order chi connectivity index (χ1) is 10.0. The minimum absolute atomic E-state index is 0.545. The van der Waals surface area contributed by atoms with E-state index in [1.807, 2.05) is 11.9 Å². The van der Waals surface area contributed by atoms with Gasteiger partial charge in [-0.25, -0.2) is 4.98 Å². The van der Waals surface area contributed by atoms with Gasteiger partial charge in [0.2, 0.25) is 0 Å². The van der Waals surface area contributed by atoms with Crippen molar-refractivity contribution >= 4 is 62.1 Å². The van der Waals surface area contributed by atoms with Gasteiger partial charge in [-0.1, -0.05) is 30.1 Å². The van der Waals surface area contributed by atoms with Gasteiger partial charge in [0.15, 0.2) is 0 Å². The third kappa shape index (κ3) is 4.49. The van der Waals surface area contributed by atoms with Crippen LogP contribution >= 0.6 is 50.5 Å². The maximum absolute atomic E-state index is 6.28. The molecule has 0 saturated carbocycles. The molecule has 7 heteroatoms. The van der Waals surface area contributed by atoms with Crippen molar-refractivity contribution in [2.45, 2.75) is 19.9 Å². The predicted octanol–water partition coefficient (Wildman–Crippen LogP) is 5.67. The number of nitrogens with one attached hydrogen (secondary N) is 1. The van der Waals surface area contributed by atoms with E-state index in [-0.39, 0.29) is 0 Å². The highest BCUT2D eigenvalue weighted by atomic mass is 79.9. The Kier molecular flexibility index (Phi) is 6.17. The molecule has 0 bridgehead atoms. The minimum atomic E-state index is 0.545. The second-order valence-corrected chi connectivity index (χ2v) is 7.77. The van der Waals surface area contributed by atoms with Gasteiger partial charge in [-0.05, 0) is 45.4 Å². The standard InChI is InChI=1S/C14H16BrCl2N3S/c1-3-4-18-13-10(16)6-11(17)14(19-13)20(2)7-9-5-12(15)21-8-9/h5-6,8H,3-4,7H2,1-2H3,(H,18,19). The molecule has 0 radical (unpaired) electrons. The molecule has 1 N–H and O–H groups in total. The molecule has 0 spiro atoms. The van der Waals surface area contributed by atoms with Crippen LogP contribution in [0, 0.1) is 0 Å². The summed E-state index contributed by atoms with van der Waals surface area (Å²) >= 11 is 17.6. The van der Waals surface area contributed by atoms with Crippen molar-refractivity contribution < 1.29 is 0 Å². The summed E-state index contributed by atoms with van der Waals surface area (Å²) in [4.78, 5) is 6.57. The molecule has 2 rings (SSSR count). The Morgan fingerprint density at radius 3 is 2.71 bits per heavy atom. The lowest BCUT2D eigenvalue weighted by Gasteiger charge is -2.20. The Labute approximate surface area is 147 Å². The van der Waals surface area contributed by atoms with Crippen molar-refractivity contribution in [2.24, 2.45) is 0 Å². The van der Waals surface area contributed by atoms with Crippen molar-refractivity contribution in [3.05, 3.63) is 36.9 Å². The molecule has 2 heterocycles. The number of aromatic nitrogens is 1. The zero-order chi connectivity index (χ0) is 15.4. The first-order valence-corrected chi connectivity index (χ1v) is 8.98. The lowest BCUT2D eigenvalue weighted by Crippen LogP contribution is -2.18. The van der Waals surface area contributed by atoms with E-state index in [1.54, 1.807) is 17.4 Å². The van der Waals surface area contributed by atoms with E-state index in [1.165, 1.54) is 5.56 Å². The fraction of sp³-hybridized carbons (Fsp3) is 0.357. The SMILES string of the molecule is CCCNc1nc(N(C)Cc2csc(Br)c2)c(Cl)cc1Cl. The maximum atomic E-state index is 6.28. The molecular formula is C14H16BrCl2N3S. The van der Waals surface area contributed by atoms with Gasteiger partial charge in [-0.15, -0.1) is 11.3 Å². The Balaban J connectivity index is 2.20. The molecular weight excluding hydrogens is 393 g/mol. The van der Waals surface area contributed by atoms with Crippen molar-refractivity contribution in [1.29, 1.82) is 0 Å². The predicted molar refractivity (Wildman–Crippen MR) is 97.2 cm³/mol. The summed E-state index contributed by atoms with van der Waals surface area (Å²) in [6.07, 6.45) is 1.01. The van der Waals surface area contributed by atoms with Gasteiger partial charge in [0, 0.05) is 20.1 Å². The number of halogens is 3. The van der Waals surface area contributed by atoms with E-state index in [0.29, 0.717) is 15.9 Å². The summed E-state index contributed by atoms with van der Waals surface area (Å²) in [5.74, 6) is 1.40. The molecule has 0 aromatic carbocycles. The third-order valence-corrected chi connectivity index (χ3v) is 4.98. The quantitative estimate of drug-likeness (QED) is 0.667. The zero-order valence-corrected chi connectivity index (χ0v) is 15.7. The Bertz CT molecular complexity index is 618. The van der Waals surface area contributed by atoms with Crippen LogP contribution in [0.5, 0.6) is 0 Å². The number of hydrogen-bond acceptors (Lipinski definition) is 4. The van der Waals surface area contributed by atoms with Gasteiger partial charge < -0.3 is 10.2 Å². The van der Waals surface area contributed by atoms with Crippen LogP contribution in [-0.4, -0.2) is 18.6 Å². The Hall–Kier alpha value is -0.490. The maximum Gasteiger partial charge on any atom is 0.149 e. The number of anilines is 2. The molecule has 0 saturated heterocycles. The summed E-state index contributed by atoms with van der Waals surface area (Å²) < 4.78 is 1.12. The number of rotatable bonds is 6. The van der Waals surface area contributed by atoms with Crippen LogP contribution in [0.25, 0.3) is 0 Å². The van der Waals surface area contributed by atoms with Crippen molar-refractivity contribution in [3.8, 4) is 0 Å². The summed E-state index contributed by atoms with van der Waals surface area (Å²) in [6.45, 7) is 3.66. The van der Waals surface area contributed by atoms with Crippen LogP contribution in [-0.2, 0) is 6.54 Å². The van der Waals surface area contributed by atoms with E-state index in [4.69, 9.17) is 23.2 Å². The van der Waals surface area contributed by atoms with Gasteiger partial charge in [0.1, 0.15) is 11.6 Å². The molecule has 2 aromatic rings. The minimum Gasteiger partial charge on any atom is -0.369 e. The van der Waals surface area contributed by atoms with Crippen molar-refractivity contribution in [3.63, 3.8) is 0 Å². The Morgan fingerprint density at radius 1 is 1.33 bits per heavy atom. The molecule has 0 aliphatic rings. The molecule has 3 nitrogen and oxygen atoms in total. The fourth-order valence-electron chi connectivity index (χ4n) is 1.87. The molecule has 0 aliphatic heterocycles. The Morgan fingerprint density at radius 2 is 2.10 bits per heavy atom. The first kappa shape index (κ1) is 16.9. The van der Waals surface area contributed by atoms with E-state index < -0.39 is 0 Å². The molecule has 0 unspecified atom stereocenters. The van der Waals surface area contributed by atoms with Crippen LogP contribution in [0.3, 0.4) is 0 Å². The van der Waals surface area contributed by atoms with Crippen LogP contribution < -0.4 is 10.2 Å². The topological polar surface area (TPSA) is 28.2 Å². The van der Waals surface area contributed by atoms with Crippen LogP contribution in [0.4, 0.5) is 11.6 Å². The smallest absolute Gasteiger partial charge is 0.149 e. The molecule has 0 amide bonds. The van der Waals surface area contributed by atoms with Crippen LogP contribution in [0.15, 0.2) is 21.3 Å². The summed E-state index contributed by atoms with van der Waals surface area (Å²) in [5, 5.41) is 6.43. The lowest BCUT2D eigenvalue weighted by atomic mass is 10.3. The fourth-order valence-corrected chi connectivity index (χ4v) is 3.64. The lowest BCUT2D eigenvalue weighted by molar-refractivity contribution is 0.897. The molecule has 0 atom stereocenters. The second kappa shape index (κ2) is 7.68. The average Bonchev–Trinajstić information content (AvgIpc) is 2.83. The number of nitrogens with zero attached hydrogens (tertiary/aromatic N) is 2. The number of hydrogen-bond donors (Lipinski definition) is 1. The summed E-state index contributed by atoms with van der Waals surface area (Å²) in [7, 11) is 1.97. The van der Waals surface area contributed by atoms with E-state index in [2.05, 4.69) is 44.6 Å². The normalized spacial score (nSPS) is 10.7. The molecule has 0 aliphatic carbocycles. The number of pyridine rings is 1. The molecule has 0 fully saturated rings. The molecule has 2 aromatic heterocycles. The van der Waals surface area contributed by atoms with Gasteiger partial charge >= 0.3 is 0 Å². The zero-order valence-electron chi connectivity index (χ0n) is 11.8. The second-order valence-electron chi connectivity index (χ2n) is 4.67. The van der Waals surface area contributed by atoms with Gasteiger partial charge in [-0.3, -0.25) is 0 Å². The van der Waals surface area contributed by atoms with Crippen LogP contribution in [0.1, 0.15) is 18.9 Å². The number of thiophene rings is 1. The van der Waals surface area contributed by atoms with Crippen LogP contribution in [0.2, 0.25) is 10.0 Å². The average molecular weight is 409 g/mol. The summed E-state index contributed by atoms with van der Waals surface area (Å²) in [6, 6.07) is 3.84. The van der Waals surface area contributed by atoms with Crippen molar-refractivity contribution in [1.82, 2.24) is 4.98 Å². The van der Waals surface area contributed by atoms with E-state index in [9.17, 15) is 0 Å². The van der Waals surface area contributed by atoms with Crippen molar-refractivity contribution in [2.75, 3.05) is 23.8 Å². The van der Waals surface area contributed by atoms with E-state index >= 15 is 0 Å². The monoisotopic (exact) mass is 407 g/mol. The molecule has 21 heavy (non-hydrogen) atoms. The molecule has 114 valence electrons. The highest BCUT2D eigenvalue weighted by Gasteiger charge is 2.13. The van der Waals surface area contributed by atoms with E-state index in [0.717, 1.165) is 29.1 Å². The van der Waals surface area contributed by atoms with Gasteiger partial charge in [0.25, 0.3) is 0 Å². The highest BCUT2D eigenvalue weighted by molar-refractivity contribution is 9.11.